The van der Waals surface area contributed by atoms with E-state index in [9.17, 15) is 9.90 Å². The van der Waals surface area contributed by atoms with Crippen molar-refractivity contribution < 1.29 is 19.4 Å². The second-order valence-corrected chi connectivity index (χ2v) is 11.6. The first-order chi connectivity index (χ1) is 16.8. The predicted molar refractivity (Wildman–Crippen MR) is 130 cm³/mol. The number of carbonyl (C=O) groups is 1. The molecule has 2 aromatic heterocycles. The van der Waals surface area contributed by atoms with Gasteiger partial charge >= 0.3 is 5.97 Å². The Morgan fingerprint density at radius 1 is 1.26 bits per heavy atom. The molecule has 4 aliphatic carbocycles. The minimum atomic E-state index is -1.43. The third-order valence-electron chi connectivity index (χ3n) is 8.94. The van der Waals surface area contributed by atoms with E-state index in [0.717, 1.165) is 24.2 Å². The van der Waals surface area contributed by atoms with E-state index >= 15 is 0 Å². The zero-order valence-corrected chi connectivity index (χ0v) is 20.4. The van der Waals surface area contributed by atoms with Gasteiger partial charge < -0.3 is 24.9 Å². The largest absolute Gasteiger partial charge is 0.458 e. The highest BCUT2D eigenvalue weighted by Crippen LogP contribution is 2.61. The van der Waals surface area contributed by atoms with Crippen LogP contribution in [0.3, 0.4) is 0 Å². The first-order valence-corrected chi connectivity index (χ1v) is 13.0. The minimum absolute atomic E-state index is 0.0194. The Kier molecular flexibility index (Phi) is 5.51. The van der Waals surface area contributed by atoms with E-state index in [1.54, 1.807) is 16.8 Å². The molecule has 3 N–H and O–H groups in total. The first kappa shape index (κ1) is 23.1. The lowest BCUT2D eigenvalue weighted by atomic mass is 9.48. The minimum Gasteiger partial charge on any atom is -0.458 e. The van der Waals surface area contributed by atoms with Gasteiger partial charge in [-0.3, -0.25) is 4.79 Å². The summed E-state index contributed by atoms with van der Waals surface area (Å²) >= 11 is 6.02. The molecule has 35 heavy (non-hydrogen) atoms. The number of fused-ring (bicyclic) bond motifs is 1. The van der Waals surface area contributed by atoms with Crippen LogP contribution in [0.25, 0.3) is 11.0 Å². The Hall–Kier alpha value is -2.34. The Balaban J connectivity index is 1.17. The van der Waals surface area contributed by atoms with Crippen molar-refractivity contribution >= 4 is 34.4 Å². The topological polar surface area (TPSA) is 112 Å². The van der Waals surface area contributed by atoms with Gasteiger partial charge in [0.2, 0.25) is 5.28 Å². The molecular formula is C26H31ClN4O4. The van der Waals surface area contributed by atoms with Crippen LogP contribution in [0.1, 0.15) is 64.0 Å². The fourth-order valence-corrected chi connectivity index (χ4v) is 7.98. The lowest BCUT2D eigenvalue weighted by Gasteiger charge is -2.57. The molecule has 0 radical (unpaired) electrons. The number of nitrogens with zero attached hydrogens (tertiary/aromatic N) is 3. The summed E-state index contributed by atoms with van der Waals surface area (Å²) in [5.41, 5.74) is 5.33. The van der Waals surface area contributed by atoms with Gasteiger partial charge in [0.15, 0.2) is 5.60 Å². The van der Waals surface area contributed by atoms with E-state index < -0.39 is 24.5 Å². The van der Waals surface area contributed by atoms with Gasteiger partial charge in [0.1, 0.15) is 23.8 Å². The summed E-state index contributed by atoms with van der Waals surface area (Å²) in [6.45, 7) is -0.468. The Labute approximate surface area is 209 Å². The zero-order chi connectivity index (χ0) is 24.4. The number of aliphatic hydroxyl groups excluding tert-OH is 1. The number of rotatable bonds is 6. The number of esters is 1. The van der Waals surface area contributed by atoms with E-state index in [1.807, 2.05) is 0 Å². The quantitative estimate of drug-likeness (QED) is 0.353. The van der Waals surface area contributed by atoms with E-state index in [0.29, 0.717) is 22.9 Å². The fraction of sp³-hybridized carbons (Fsp3) is 0.654. The average molecular weight is 499 g/mol. The first-order valence-electron chi connectivity index (χ1n) is 12.6. The number of anilines is 1. The van der Waals surface area contributed by atoms with Crippen molar-refractivity contribution in [2.45, 2.75) is 75.7 Å². The zero-order valence-electron chi connectivity index (χ0n) is 19.7. The van der Waals surface area contributed by atoms with Crippen LogP contribution in [0.2, 0.25) is 5.28 Å². The summed E-state index contributed by atoms with van der Waals surface area (Å²) < 4.78 is 13.8. The van der Waals surface area contributed by atoms with Crippen LogP contribution in [-0.4, -0.2) is 43.9 Å². The Morgan fingerprint density at radius 2 is 1.94 bits per heavy atom. The predicted octanol–water partition coefficient (Wildman–Crippen LogP) is 3.86. The molecule has 5 aliphatic rings. The smallest absolute Gasteiger partial charge is 0.306 e. The number of terminal acetylenes is 1. The normalized spacial score (nSPS) is 37.6. The van der Waals surface area contributed by atoms with Crippen LogP contribution in [0.15, 0.2) is 12.3 Å². The molecule has 0 amide bonds. The number of hydrogen-bond acceptors (Lipinski definition) is 7. The Bertz CT molecular complexity index is 1170. The van der Waals surface area contributed by atoms with Crippen molar-refractivity contribution in [1.29, 1.82) is 0 Å². The van der Waals surface area contributed by atoms with E-state index in [4.69, 9.17) is 33.2 Å². The van der Waals surface area contributed by atoms with Crippen LogP contribution in [-0.2, 0) is 14.3 Å². The maximum absolute atomic E-state index is 13.0. The summed E-state index contributed by atoms with van der Waals surface area (Å²) in [4.78, 5) is 21.3. The molecule has 2 aromatic rings. The van der Waals surface area contributed by atoms with Gasteiger partial charge in [0, 0.05) is 19.0 Å². The lowest BCUT2D eigenvalue weighted by molar-refractivity contribution is -0.160. The molecule has 7 rings (SSSR count). The van der Waals surface area contributed by atoms with Crippen molar-refractivity contribution in [2.75, 3.05) is 12.3 Å². The molecule has 0 unspecified atom stereocenters. The highest BCUT2D eigenvalue weighted by Gasteiger charge is 2.52. The van der Waals surface area contributed by atoms with Gasteiger partial charge in [-0.15, -0.1) is 6.42 Å². The third kappa shape index (κ3) is 3.89. The molecule has 186 valence electrons. The number of nitrogens with two attached hydrogens (primary N) is 1. The molecule has 1 saturated heterocycles. The van der Waals surface area contributed by atoms with Gasteiger partial charge in [-0.1, -0.05) is 5.92 Å². The van der Waals surface area contributed by atoms with Gasteiger partial charge in [0.05, 0.1) is 12.0 Å². The number of aromatic nitrogens is 3. The second-order valence-electron chi connectivity index (χ2n) is 11.2. The van der Waals surface area contributed by atoms with E-state index in [-0.39, 0.29) is 23.5 Å². The number of ether oxygens (including phenoxy) is 2. The number of nitrogen functional groups attached to an aromatic ring is 1. The monoisotopic (exact) mass is 498 g/mol. The Morgan fingerprint density at radius 3 is 2.57 bits per heavy atom. The number of aliphatic hydroxyl groups is 1. The van der Waals surface area contributed by atoms with Crippen LogP contribution >= 0.6 is 11.6 Å². The third-order valence-corrected chi connectivity index (χ3v) is 9.11. The van der Waals surface area contributed by atoms with Crippen molar-refractivity contribution in [3.8, 4) is 12.3 Å². The van der Waals surface area contributed by atoms with Gasteiger partial charge in [-0.2, -0.15) is 4.98 Å². The van der Waals surface area contributed by atoms with Crippen LogP contribution in [0.5, 0.6) is 0 Å². The molecule has 0 aromatic carbocycles. The summed E-state index contributed by atoms with van der Waals surface area (Å²) in [5.74, 6) is 5.05. The van der Waals surface area contributed by atoms with Crippen molar-refractivity contribution in [3.05, 3.63) is 17.5 Å². The number of hydrogen-bond donors (Lipinski definition) is 2. The molecule has 0 spiro atoms. The van der Waals surface area contributed by atoms with Crippen LogP contribution in [0, 0.1) is 35.5 Å². The average Bonchev–Trinajstić information content (AvgIpc) is 3.39. The molecule has 3 heterocycles. The van der Waals surface area contributed by atoms with Gasteiger partial charge in [0.25, 0.3) is 0 Å². The SMILES string of the molecule is C#C[C@]1(CO)O[C@@H](n2ccc3c(N)nc(Cl)nc32)C[C@@H]1OC(=O)CCC12CC3CC(CC(C3)C1)C2. The molecule has 9 heteroatoms. The standard InChI is InChI=1S/C26H31ClN4O4/c1-2-26(14-32)19(10-20(35-26)31-6-4-18-22(28)29-24(27)30-23(18)31)34-21(33)3-5-25-11-15-7-16(12-25)9-17(8-15)13-25/h1,4,6,15-17,19-20,32H,3,5,7-14H2,(H2,28,29,30)/t15?,16?,17?,19-,20+,25?,26+/m0/s1. The van der Waals surface area contributed by atoms with Crippen molar-refractivity contribution in [2.24, 2.45) is 23.2 Å². The highest BCUT2D eigenvalue weighted by atomic mass is 35.5. The molecule has 1 aliphatic heterocycles. The van der Waals surface area contributed by atoms with Crippen LogP contribution in [0.4, 0.5) is 5.82 Å². The molecule has 3 atom stereocenters. The maximum Gasteiger partial charge on any atom is 0.306 e. The summed E-state index contributed by atoms with van der Waals surface area (Å²) in [6, 6.07) is 1.77. The maximum atomic E-state index is 13.0. The number of carbonyl (C=O) groups excluding carboxylic acids is 1. The molecule has 5 fully saturated rings. The lowest BCUT2D eigenvalue weighted by Crippen LogP contribution is -2.46. The molecular weight excluding hydrogens is 468 g/mol. The van der Waals surface area contributed by atoms with E-state index in [1.165, 1.54) is 38.5 Å². The molecule has 4 bridgehead atoms. The van der Waals surface area contributed by atoms with Crippen molar-refractivity contribution in [1.82, 2.24) is 14.5 Å². The van der Waals surface area contributed by atoms with Crippen molar-refractivity contribution in [3.63, 3.8) is 0 Å². The van der Waals surface area contributed by atoms with E-state index in [2.05, 4.69) is 15.9 Å². The second kappa shape index (κ2) is 8.36. The highest BCUT2D eigenvalue weighted by molar-refractivity contribution is 6.28. The summed E-state index contributed by atoms with van der Waals surface area (Å²) in [6.07, 6.45) is 15.6. The number of halogens is 1. The fourth-order valence-electron chi connectivity index (χ4n) is 7.81. The molecule has 4 saturated carbocycles. The van der Waals surface area contributed by atoms with Crippen LogP contribution < -0.4 is 5.73 Å². The van der Waals surface area contributed by atoms with Gasteiger partial charge in [-0.25, -0.2) is 4.98 Å². The van der Waals surface area contributed by atoms with Gasteiger partial charge in [-0.05, 0) is 85.8 Å². The summed E-state index contributed by atoms with van der Waals surface area (Å²) in [7, 11) is 0. The summed E-state index contributed by atoms with van der Waals surface area (Å²) in [5, 5.41) is 10.8. The molecule has 8 nitrogen and oxygen atoms in total.